The molecular formula is C21H23NO3. The first-order valence-corrected chi connectivity index (χ1v) is 8.57. The van der Waals surface area contributed by atoms with Crippen LogP contribution in [0.3, 0.4) is 0 Å². The molecule has 0 spiro atoms. The Kier molecular flexibility index (Phi) is 5.19. The molecule has 1 aromatic heterocycles. The zero-order chi connectivity index (χ0) is 17.7. The number of amides is 1. The van der Waals surface area contributed by atoms with Gasteiger partial charge in [0, 0.05) is 11.8 Å². The van der Waals surface area contributed by atoms with Gasteiger partial charge in [-0.25, -0.2) is 0 Å². The summed E-state index contributed by atoms with van der Waals surface area (Å²) in [7, 11) is 0. The molecule has 1 amide bonds. The topological polar surface area (TPSA) is 62.5 Å². The van der Waals surface area contributed by atoms with Gasteiger partial charge in [-0.2, -0.15) is 0 Å². The minimum Gasteiger partial charge on any atom is -0.458 e. The average Bonchev–Trinajstić information content (AvgIpc) is 3.06. The maximum absolute atomic E-state index is 12.0. The van der Waals surface area contributed by atoms with E-state index in [2.05, 4.69) is 17.4 Å². The maximum Gasteiger partial charge on any atom is 0.220 e. The van der Waals surface area contributed by atoms with Crippen molar-refractivity contribution < 1.29 is 14.3 Å². The molecule has 0 bridgehead atoms. The van der Waals surface area contributed by atoms with Crippen molar-refractivity contribution in [1.29, 1.82) is 0 Å². The number of fused-ring (bicyclic) bond motifs is 1. The summed E-state index contributed by atoms with van der Waals surface area (Å²) >= 11 is 0. The van der Waals surface area contributed by atoms with Crippen LogP contribution in [0.5, 0.6) is 0 Å². The molecule has 4 heteroatoms. The molecule has 1 atom stereocenters. The lowest BCUT2D eigenvalue weighted by atomic mass is 10.0. The first kappa shape index (κ1) is 17.2. The molecule has 1 unspecified atom stereocenters. The monoisotopic (exact) mass is 337 g/mol. The number of furan rings is 1. The summed E-state index contributed by atoms with van der Waals surface area (Å²) in [5.74, 6) is 0.394. The number of rotatable bonds is 7. The fraction of sp³-hybridized carbons (Fsp3) is 0.286. The van der Waals surface area contributed by atoms with Crippen LogP contribution in [0.15, 0.2) is 65.1 Å². The molecule has 0 aliphatic carbocycles. The summed E-state index contributed by atoms with van der Waals surface area (Å²) < 4.78 is 5.70. The lowest BCUT2D eigenvalue weighted by Crippen LogP contribution is -2.38. The molecule has 0 radical (unpaired) electrons. The summed E-state index contributed by atoms with van der Waals surface area (Å²) in [6.07, 6.45) is 2.09. The van der Waals surface area contributed by atoms with Gasteiger partial charge >= 0.3 is 0 Å². The number of nitrogens with one attached hydrogen (secondary N) is 1. The number of para-hydroxylation sites is 1. The van der Waals surface area contributed by atoms with Crippen LogP contribution in [-0.4, -0.2) is 17.6 Å². The third-order valence-corrected chi connectivity index (χ3v) is 4.30. The summed E-state index contributed by atoms with van der Waals surface area (Å²) in [6.45, 7) is 1.77. The number of hydrogen-bond donors (Lipinski definition) is 2. The first-order valence-electron chi connectivity index (χ1n) is 8.57. The van der Waals surface area contributed by atoms with Crippen LogP contribution in [0.1, 0.15) is 31.1 Å². The molecule has 2 aromatic carbocycles. The van der Waals surface area contributed by atoms with Gasteiger partial charge in [-0.3, -0.25) is 4.79 Å². The second kappa shape index (κ2) is 7.53. The zero-order valence-corrected chi connectivity index (χ0v) is 14.4. The highest BCUT2D eigenvalue weighted by atomic mass is 16.4. The Hall–Kier alpha value is -2.59. The predicted molar refractivity (Wildman–Crippen MR) is 98.2 cm³/mol. The smallest absolute Gasteiger partial charge is 0.220 e. The van der Waals surface area contributed by atoms with Crippen molar-refractivity contribution in [2.75, 3.05) is 6.54 Å². The van der Waals surface area contributed by atoms with Gasteiger partial charge in [-0.1, -0.05) is 48.5 Å². The molecule has 0 aliphatic rings. The Morgan fingerprint density at radius 2 is 1.84 bits per heavy atom. The number of carbonyl (C=O) groups is 1. The Labute approximate surface area is 147 Å². The third-order valence-electron chi connectivity index (χ3n) is 4.30. The molecule has 0 saturated carbocycles. The highest BCUT2D eigenvalue weighted by molar-refractivity contribution is 5.78. The lowest BCUT2D eigenvalue weighted by Gasteiger charge is -2.21. The van der Waals surface area contributed by atoms with Crippen molar-refractivity contribution >= 4 is 16.9 Å². The maximum atomic E-state index is 12.0. The molecular weight excluding hydrogens is 314 g/mol. The zero-order valence-electron chi connectivity index (χ0n) is 14.4. The van der Waals surface area contributed by atoms with Crippen molar-refractivity contribution in [3.63, 3.8) is 0 Å². The van der Waals surface area contributed by atoms with E-state index in [0.717, 1.165) is 23.8 Å². The number of benzene rings is 2. The molecule has 130 valence electrons. The molecule has 0 fully saturated rings. The third kappa shape index (κ3) is 4.48. The number of hydrogen-bond acceptors (Lipinski definition) is 3. The summed E-state index contributed by atoms with van der Waals surface area (Å²) in [4.78, 5) is 12.0. The van der Waals surface area contributed by atoms with Crippen LogP contribution >= 0.6 is 0 Å². The van der Waals surface area contributed by atoms with Crippen LogP contribution in [0.2, 0.25) is 0 Å². The van der Waals surface area contributed by atoms with Gasteiger partial charge in [0.1, 0.15) is 16.9 Å². The summed E-state index contributed by atoms with van der Waals surface area (Å²) in [5.41, 5.74) is 0.713. The molecule has 25 heavy (non-hydrogen) atoms. The molecule has 3 aromatic rings. The average molecular weight is 337 g/mol. The van der Waals surface area contributed by atoms with Gasteiger partial charge in [0.15, 0.2) is 0 Å². The van der Waals surface area contributed by atoms with Gasteiger partial charge in [-0.05, 0) is 37.5 Å². The van der Waals surface area contributed by atoms with Crippen molar-refractivity contribution in [3.8, 4) is 0 Å². The number of carbonyl (C=O) groups excluding carboxylic acids is 1. The Morgan fingerprint density at radius 1 is 1.12 bits per heavy atom. The van der Waals surface area contributed by atoms with E-state index >= 15 is 0 Å². The largest absolute Gasteiger partial charge is 0.458 e. The normalized spacial score (nSPS) is 13.5. The number of aryl methyl sites for hydroxylation is 1. The van der Waals surface area contributed by atoms with Crippen LogP contribution < -0.4 is 5.32 Å². The second-order valence-corrected chi connectivity index (χ2v) is 6.54. The van der Waals surface area contributed by atoms with Crippen molar-refractivity contribution in [2.45, 2.75) is 31.8 Å². The van der Waals surface area contributed by atoms with Crippen LogP contribution in [0, 0.1) is 0 Å². The lowest BCUT2D eigenvalue weighted by molar-refractivity contribution is -0.122. The fourth-order valence-corrected chi connectivity index (χ4v) is 2.79. The quantitative estimate of drug-likeness (QED) is 0.690. The van der Waals surface area contributed by atoms with E-state index in [1.807, 2.05) is 48.5 Å². The van der Waals surface area contributed by atoms with E-state index in [0.29, 0.717) is 12.2 Å². The van der Waals surface area contributed by atoms with E-state index in [9.17, 15) is 9.90 Å². The Morgan fingerprint density at radius 3 is 2.60 bits per heavy atom. The van der Waals surface area contributed by atoms with Gasteiger partial charge in [0.2, 0.25) is 5.91 Å². The van der Waals surface area contributed by atoms with E-state index in [1.165, 1.54) is 5.56 Å². The SMILES string of the molecule is CC(O)(CNC(=O)CCCc1ccccc1)c1cc2ccccc2o1. The predicted octanol–water partition coefficient (Wildman–Crippen LogP) is 3.78. The molecule has 2 N–H and O–H groups in total. The summed E-state index contributed by atoms with van der Waals surface area (Å²) in [5, 5.41) is 14.4. The molecule has 3 rings (SSSR count). The summed E-state index contributed by atoms with van der Waals surface area (Å²) in [6, 6.07) is 19.5. The van der Waals surface area contributed by atoms with Gasteiger partial charge in [-0.15, -0.1) is 0 Å². The van der Waals surface area contributed by atoms with Crippen LogP contribution in [0.4, 0.5) is 0 Å². The minimum absolute atomic E-state index is 0.0627. The first-order chi connectivity index (χ1) is 12.0. The highest BCUT2D eigenvalue weighted by Gasteiger charge is 2.28. The standard InChI is InChI=1S/C21H23NO3/c1-21(24,19-14-17-11-5-6-12-18(17)25-19)15-22-20(23)13-7-10-16-8-3-2-4-9-16/h2-6,8-9,11-12,14,24H,7,10,13,15H2,1H3,(H,22,23). The molecule has 0 aliphatic heterocycles. The van der Waals surface area contributed by atoms with Gasteiger partial charge in [0.25, 0.3) is 0 Å². The highest BCUT2D eigenvalue weighted by Crippen LogP contribution is 2.27. The van der Waals surface area contributed by atoms with E-state index < -0.39 is 5.60 Å². The van der Waals surface area contributed by atoms with Crippen molar-refractivity contribution in [1.82, 2.24) is 5.32 Å². The Balaban J connectivity index is 1.50. The van der Waals surface area contributed by atoms with Crippen molar-refractivity contribution in [2.24, 2.45) is 0 Å². The van der Waals surface area contributed by atoms with Crippen molar-refractivity contribution in [3.05, 3.63) is 72.0 Å². The number of aliphatic hydroxyl groups is 1. The minimum atomic E-state index is -1.24. The van der Waals surface area contributed by atoms with E-state index in [4.69, 9.17) is 4.42 Å². The fourth-order valence-electron chi connectivity index (χ4n) is 2.79. The van der Waals surface area contributed by atoms with Gasteiger partial charge < -0.3 is 14.8 Å². The Bertz CT molecular complexity index is 803. The van der Waals surface area contributed by atoms with Crippen LogP contribution in [-0.2, 0) is 16.8 Å². The van der Waals surface area contributed by atoms with E-state index in [-0.39, 0.29) is 12.5 Å². The van der Waals surface area contributed by atoms with Crippen LogP contribution in [0.25, 0.3) is 11.0 Å². The molecule has 1 heterocycles. The molecule has 0 saturated heterocycles. The van der Waals surface area contributed by atoms with E-state index in [1.54, 1.807) is 6.92 Å². The van der Waals surface area contributed by atoms with Gasteiger partial charge in [0.05, 0.1) is 6.54 Å². The second-order valence-electron chi connectivity index (χ2n) is 6.54. The molecule has 4 nitrogen and oxygen atoms in total.